The third-order valence-electron chi connectivity index (χ3n) is 13.1. The van der Waals surface area contributed by atoms with Crippen LogP contribution in [0, 0.1) is 0 Å². The fourth-order valence-corrected chi connectivity index (χ4v) is 12.4. The van der Waals surface area contributed by atoms with Crippen LogP contribution in [0.15, 0.2) is 161 Å². The first-order valence-corrected chi connectivity index (χ1v) is 19.9. The molecule has 0 N–H and O–H groups in total. The van der Waals surface area contributed by atoms with Crippen molar-refractivity contribution >= 4 is 119 Å². The second-order valence-corrected chi connectivity index (χ2v) is 16.6. The van der Waals surface area contributed by atoms with Gasteiger partial charge in [0.15, 0.2) is 0 Å². The van der Waals surface area contributed by atoms with E-state index < -0.39 is 0 Å². The third-order valence-corrected chi connectivity index (χ3v) is 14.3. The van der Waals surface area contributed by atoms with Crippen molar-refractivity contribution < 1.29 is 4.74 Å². The van der Waals surface area contributed by atoms with Crippen molar-refractivity contribution in [3.63, 3.8) is 0 Å². The molecule has 250 valence electrons. The molecule has 0 atom stereocenters. The first kappa shape index (κ1) is 28.0. The van der Waals surface area contributed by atoms with E-state index in [1.165, 1.54) is 115 Å². The van der Waals surface area contributed by atoms with Gasteiger partial charge in [-0.3, -0.25) is 0 Å². The van der Waals surface area contributed by atoms with Gasteiger partial charge >= 0.3 is 0 Å². The fraction of sp³-hybridized carbons (Fsp3) is 0. The minimum atomic E-state index is -0.0241. The Hall–Kier alpha value is -6.56. The topological polar surface area (TPSA) is 22.3 Å². The lowest BCUT2D eigenvalue weighted by molar-refractivity contribution is 0.491. The first-order chi connectivity index (χ1) is 27.3. The predicted molar refractivity (Wildman–Crippen MR) is 230 cm³/mol. The van der Waals surface area contributed by atoms with Gasteiger partial charge in [-0.15, -0.1) is 0 Å². The van der Waals surface area contributed by atoms with Crippen molar-refractivity contribution in [1.29, 1.82) is 0 Å². The molecule has 5 aliphatic rings. The van der Waals surface area contributed by atoms with Gasteiger partial charge in [-0.05, 0) is 106 Å². The number of hydrogen-bond acceptors (Lipinski definition) is 3. The van der Waals surface area contributed by atoms with Crippen LogP contribution in [0.25, 0.3) is 55.0 Å². The average Bonchev–Trinajstić information content (AvgIpc) is 3.75. The Kier molecular flexibility index (Phi) is 4.77. The normalized spacial score (nSPS) is 14.5. The first-order valence-electron chi connectivity index (χ1n) is 19.1. The zero-order valence-electron chi connectivity index (χ0n) is 29.2. The molecule has 0 spiro atoms. The molecule has 5 aliphatic heterocycles. The van der Waals surface area contributed by atoms with E-state index in [9.17, 15) is 0 Å². The molecule has 2 aromatic heterocycles. The molecule has 0 saturated heterocycles. The highest BCUT2D eigenvalue weighted by Gasteiger charge is 2.48. The summed E-state index contributed by atoms with van der Waals surface area (Å²) in [6, 6.07) is 56.8. The van der Waals surface area contributed by atoms with Gasteiger partial charge in [-0.25, -0.2) is 0 Å². The molecule has 15 rings (SSSR count). The van der Waals surface area contributed by atoms with E-state index in [1.54, 1.807) is 0 Å². The molecule has 0 fully saturated rings. The quantitative estimate of drug-likeness (QED) is 0.162. The maximum atomic E-state index is 7.54. The Morgan fingerprint density at radius 2 is 1.02 bits per heavy atom. The van der Waals surface area contributed by atoms with Gasteiger partial charge in [-0.1, -0.05) is 90.0 Å². The summed E-state index contributed by atoms with van der Waals surface area (Å²) in [5, 5.41) is 5.07. The molecular formula is C48H25B2N3OS. The predicted octanol–water partition coefficient (Wildman–Crippen LogP) is 7.89. The van der Waals surface area contributed by atoms with Crippen molar-refractivity contribution in [2.24, 2.45) is 0 Å². The summed E-state index contributed by atoms with van der Waals surface area (Å²) in [5.74, 6) is 1.86. The lowest BCUT2D eigenvalue weighted by Gasteiger charge is -2.42. The highest BCUT2D eigenvalue weighted by Crippen LogP contribution is 2.46. The number of aromatic nitrogens is 2. The molecule has 0 amide bonds. The van der Waals surface area contributed by atoms with Crippen LogP contribution in [-0.2, 0) is 0 Å². The Balaban J connectivity index is 1.18. The van der Waals surface area contributed by atoms with E-state index in [2.05, 4.69) is 166 Å². The monoisotopic (exact) mass is 713 g/mol. The summed E-state index contributed by atoms with van der Waals surface area (Å²) in [4.78, 5) is 5.14. The van der Waals surface area contributed by atoms with Crippen LogP contribution < -0.4 is 42.4 Å². The number of fused-ring (bicyclic) bond motifs is 8. The molecule has 0 aliphatic carbocycles. The van der Waals surface area contributed by atoms with Gasteiger partial charge in [0, 0.05) is 59.8 Å². The Morgan fingerprint density at radius 3 is 1.73 bits per heavy atom. The van der Waals surface area contributed by atoms with E-state index in [-0.39, 0.29) is 13.4 Å². The molecule has 8 aromatic carbocycles. The molecule has 0 unspecified atom stereocenters. The number of rotatable bonds is 1. The summed E-state index contributed by atoms with van der Waals surface area (Å²) in [7, 11) is 0. The maximum Gasteiger partial charge on any atom is 0.257 e. The van der Waals surface area contributed by atoms with Gasteiger partial charge < -0.3 is 18.8 Å². The average molecular weight is 713 g/mol. The minimum absolute atomic E-state index is 0.0189. The summed E-state index contributed by atoms with van der Waals surface area (Å²) in [6.45, 7) is -0.00524. The Labute approximate surface area is 320 Å². The summed E-state index contributed by atoms with van der Waals surface area (Å²) in [5.41, 5.74) is 19.0. The number of hydrogen-bond donors (Lipinski definition) is 0. The molecule has 7 heteroatoms. The fourth-order valence-electron chi connectivity index (χ4n) is 11.2. The molecule has 0 radical (unpaired) electrons. The van der Waals surface area contributed by atoms with Crippen molar-refractivity contribution in [3.05, 3.63) is 152 Å². The molecular weight excluding hydrogens is 688 g/mol. The molecule has 2 bridgehead atoms. The zero-order valence-corrected chi connectivity index (χ0v) is 30.1. The smallest absolute Gasteiger partial charge is 0.257 e. The number of para-hydroxylation sites is 3. The van der Waals surface area contributed by atoms with Gasteiger partial charge in [-0.2, -0.15) is 0 Å². The molecule has 10 aromatic rings. The van der Waals surface area contributed by atoms with Gasteiger partial charge in [0.05, 0.1) is 22.1 Å². The van der Waals surface area contributed by atoms with Crippen LogP contribution in [0.2, 0.25) is 0 Å². The van der Waals surface area contributed by atoms with Crippen LogP contribution in [0.1, 0.15) is 0 Å². The number of anilines is 3. The third kappa shape index (κ3) is 3.11. The summed E-state index contributed by atoms with van der Waals surface area (Å²) >= 11 is 1.92. The van der Waals surface area contributed by atoms with Crippen molar-refractivity contribution in [2.45, 2.75) is 9.79 Å². The van der Waals surface area contributed by atoms with Crippen molar-refractivity contribution in [1.82, 2.24) is 9.13 Å². The SMILES string of the molecule is c1ccc(N2c3cc4c5cc3B3c6c2cccc6-n2c6ccccc6c6ccc(c3c62)Oc2ccc3c6ccccc6n6c3c2B5c2c(cccc2-6)S4)cc1. The van der Waals surface area contributed by atoms with Crippen molar-refractivity contribution in [2.75, 3.05) is 4.90 Å². The summed E-state index contributed by atoms with van der Waals surface area (Å²) in [6.07, 6.45) is 0. The van der Waals surface area contributed by atoms with Crippen LogP contribution >= 0.6 is 11.8 Å². The van der Waals surface area contributed by atoms with E-state index in [4.69, 9.17) is 4.74 Å². The van der Waals surface area contributed by atoms with E-state index in [0.717, 1.165) is 11.5 Å². The number of nitrogens with zero attached hydrogens (tertiary/aromatic N) is 3. The van der Waals surface area contributed by atoms with Gasteiger partial charge in [0.1, 0.15) is 11.5 Å². The van der Waals surface area contributed by atoms with Crippen molar-refractivity contribution in [3.8, 4) is 22.9 Å². The second kappa shape index (κ2) is 9.38. The van der Waals surface area contributed by atoms with Gasteiger partial charge in [0.25, 0.3) is 13.4 Å². The van der Waals surface area contributed by atoms with E-state index >= 15 is 0 Å². The van der Waals surface area contributed by atoms with Crippen LogP contribution in [-0.4, -0.2) is 22.6 Å². The molecule has 0 saturated carbocycles. The lowest BCUT2D eigenvalue weighted by atomic mass is 9.31. The van der Waals surface area contributed by atoms with Gasteiger partial charge in [0.2, 0.25) is 0 Å². The maximum absolute atomic E-state index is 7.54. The number of benzene rings is 8. The largest absolute Gasteiger partial charge is 0.458 e. The van der Waals surface area contributed by atoms with E-state index in [1.807, 2.05) is 11.8 Å². The highest BCUT2D eigenvalue weighted by molar-refractivity contribution is 8.00. The number of ether oxygens (including phenoxy) is 1. The minimum Gasteiger partial charge on any atom is -0.458 e. The van der Waals surface area contributed by atoms with Crippen LogP contribution in [0.3, 0.4) is 0 Å². The molecule has 4 nitrogen and oxygen atoms in total. The van der Waals surface area contributed by atoms with E-state index in [0.29, 0.717) is 0 Å². The summed E-state index contributed by atoms with van der Waals surface area (Å²) < 4.78 is 12.6. The zero-order chi connectivity index (χ0) is 35.3. The Morgan fingerprint density at radius 1 is 0.418 bits per heavy atom. The van der Waals surface area contributed by atoms with Crippen LogP contribution in [0.4, 0.5) is 17.1 Å². The molecule has 7 heterocycles. The Bertz CT molecular complexity index is 3480. The van der Waals surface area contributed by atoms with Crippen LogP contribution in [0.5, 0.6) is 11.5 Å². The second-order valence-electron chi connectivity index (χ2n) is 15.5. The lowest BCUT2D eigenvalue weighted by Crippen LogP contribution is -2.64. The standard InChI is InChI=1S/C48H25B2N3OS/c1-2-10-26(11-3-1)51-35-16-8-17-36-43(35)49-31-24-32-42(25-38(31)51)55-41-19-9-18-37-44(41)50(32)46-40(23-21-30-28-13-5-7-15-34(28)53(37)48(30)46)54-39-22-20-29-27-12-4-6-14-33(27)52(36)47(29)45(39)49/h1-25H. The highest BCUT2D eigenvalue weighted by atomic mass is 32.2. The molecule has 55 heavy (non-hydrogen) atoms.